The molecule has 0 spiro atoms. The summed E-state index contributed by atoms with van der Waals surface area (Å²) in [6.07, 6.45) is 0.920. The lowest BCUT2D eigenvalue weighted by atomic mass is 9.96. The van der Waals surface area contributed by atoms with Crippen LogP contribution < -0.4 is 0 Å². The number of aryl methyl sites for hydroxylation is 2. The largest absolute Gasteiger partial charge is 0.507 e. The van der Waals surface area contributed by atoms with Gasteiger partial charge in [0.25, 0.3) is 0 Å². The van der Waals surface area contributed by atoms with Crippen LogP contribution in [0.25, 0.3) is 21.9 Å². The van der Waals surface area contributed by atoms with Gasteiger partial charge in [-0.3, -0.25) is 0 Å². The van der Waals surface area contributed by atoms with Crippen LogP contribution in [0, 0.1) is 13.8 Å². The number of phenols is 1. The molecular weight excluding hydrogens is 244 g/mol. The van der Waals surface area contributed by atoms with Crippen LogP contribution in [0.4, 0.5) is 0 Å². The quantitative estimate of drug-likeness (QED) is 0.484. The second-order valence-corrected chi connectivity index (χ2v) is 5.82. The molecule has 0 fully saturated rings. The maximum atomic E-state index is 10.3. The van der Waals surface area contributed by atoms with Crippen molar-refractivity contribution in [3.05, 3.63) is 64.7 Å². The van der Waals surface area contributed by atoms with Crippen LogP contribution in [0.5, 0.6) is 5.75 Å². The summed E-state index contributed by atoms with van der Waals surface area (Å²) in [6.45, 7) is 4.19. The molecule has 0 bridgehead atoms. The summed E-state index contributed by atoms with van der Waals surface area (Å²) in [4.78, 5) is 0. The Bertz CT molecular complexity index is 859. The Kier molecular flexibility index (Phi) is 2.23. The number of phenolic OH excluding ortho intramolecular Hbond substituents is 1. The van der Waals surface area contributed by atoms with E-state index in [1.165, 1.54) is 33.4 Å². The Hall–Kier alpha value is -2.28. The average Bonchev–Trinajstić information content (AvgIpc) is 2.76. The van der Waals surface area contributed by atoms with Crippen molar-refractivity contribution in [3.8, 4) is 16.9 Å². The van der Waals surface area contributed by atoms with Crippen LogP contribution in [0.2, 0.25) is 0 Å². The maximum Gasteiger partial charge on any atom is 0.123 e. The minimum Gasteiger partial charge on any atom is -0.507 e. The van der Waals surface area contributed by atoms with Crippen molar-refractivity contribution in [2.45, 2.75) is 20.3 Å². The number of aromatic hydroxyl groups is 1. The van der Waals surface area contributed by atoms with Gasteiger partial charge in [-0.1, -0.05) is 41.5 Å². The van der Waals surface area contributed by atoms with E-state index < -0.39 is 0 Å². The second-order valence-electron chi connectivity index (χ2n) is 5.82. The van der Waals surface area contributed by atoms with Gasteiger partial charge in [0, 0.05) is 5.39 Å². The van der Waals surface area contributed by atoms with Crippen molar-refractivity contribution >= 4 is 10.8 Å². The van der Waals surface area contributed by atoms with Crippen molar-refractivity contribution < 1.29 is 5.11 Å². The fourth-order valence-corrected chi connectivity index (χ4v) is 3.35. The van der Waals surface area contributed by atoms with Crippen LogP contribution in [0.3, 0.4) is 0 Å². The van der Waals surface area contributed by atoms with E-state index in [-0.39, 0.29) is 0 Å². The van der Waals surface area contributed by atoms with Crippen molar-refractivity contribution in [1.29, 1.82) is 0 Å². The summed E-state index contributed by atoms with van der Waals surface area (Å²) in [6, 6.07) is 14.9. The zero-order valence-electron chi connectivity index (χ0n) is 11.7. The van der Waals surface area contributed by atoms with Gasteiger partial charge in [-0.05, 0) is 60.0 Å². The standard InChI is InChI=1S/C19H16O/c1-11-3-5-15-13(7-11)9-14-10-18(20)17-8-12(2)4-6-16(17)19(14)15/h3-8,10,20H,9H2,1-2H3. The Morgan fingerprint density at radius 2 is 1.55 bits per heavy atom. The molecule has 20 heavy (non-hydrogen) atoms. The summed E-state index contributed by atoms with van der Waals surface area (Å²) in [5.74, 6) is 0.395. The smallest absolute Gasteiger partial charge is 0.123 e. The van der Waals surface area contributed by atoms with E-state index in [0.717, 1.165) is 17.2 Å². The molecule has 1 aliphatic carbocycles. The minimum atomic E-state index is 0.395. The number of hydrogen-bond acceptors (Lipinski definition) is 1. The zero-order chi connectivity index (χ0) is 13.9. The Balaban J connectivity index is 2.12. The third kappa shape index (κ3) is 1.50. The van der Waals surface area contributed by atoms with E-state index >= 15 is 0 Å². The van der Waals surface area contributed by atoms with Crippen LogP contribution in [0.15, 0.2) is 42.5 Å². The monoisotopic (exact) mass is 260 g/mol. The van der Waals surface area contributed by atoms with Crippen molar-refractivity contribution in [2.75, 3.05) is 0 Å². The molecule has 3 aromatic carbocycles. The highest BCUT2D eigenvalue weighted by Crippen LogP contribution is 2.44. The van der Waals surface area contributed by atoms with E-state index in [1.807, 2.05) is 6.07 Å². The molecule has 0 radical (unpaired) electrons. The van der Waals surface area contributed by atoms with E-state index in [4.69, 9.17) is 0 Å². The molecule has 0 amide bonds. The highest BCUT2D eigenvalue weighted by molar-refractivity contribution is 6.04. The summed E-state index contributed by atoms with van der Waals surface area (Å²) < 4.78 is 0. The van der Waals surface area contributed by atoms with Gasteiger partial charge in [0.15, 0.2) is 0 Å². The SMILES string of the molecule is Cc1ccc2c(c1)Cc1cc(O)c3cc(C)ccc3c1-2. The van der Waals surface area contributed by atoms with E-state index in [1.54, 1.807) is 0 Å². The summed E-state index contributed by atoms with van der Waals surface area (Å²) >= 11 is 0. The number of hydrogen-bond donors (Lipinski definition) is 1. The van der Waals surface area contributed by atoms with Gasteiger partial charge in [-0.2, -0.15) is 0 Å². The molecular formula is C19H16O. The fraction of sp³-hybridized carbons (Fsp3) is 0.158. The van der Waals surface area contributed by atoms with Crippen LogP contribution in [0.1, 0.15) is 22.3 Å². The van der Waals surface area contributed by atoms with Gasteiger partial charge in [0.2, 0.25) is 0 Å². The van der Waals surface area contributed by atoms with Crippen LogP contribution in [-0.2, 0) is 6.42 Å². The Labute approximate surface area is 118 Å². The minimum absolute atomic E-state index is 0.395. The first-order valence-electron chi connectivity index (χ1n) is 6.98. The van der Waals surface area contributed by atoms with Crippen molar-refractivity contribution in [2.24, 2.45) is 0 Å². The summed E-state index contributed by atoms with van der Waals surface area (Å²) in [5, 5.41) is 12.4. The molecule has 1 heteroatoms. The molecule has 0 aliphatic heterocycles. The third-order valence-corrected chi connectivity index (χ3v) is 4.26. The molecule has 1 N–H and O–H groups in total. The topological polar surface area (TPSA) is 20.2 Å². The molecule has 1 aliphatic rings. The molecule has 3 aromatic rings. The average molecular weight is 260 g/mol. The third-order valence-electron chi connectivity index (χ3n) is 4.26. The predicted molar refractivity (Wildman–Crippen MR) is 83.3 cm³/mol. The number of rotatable bonds is 0. The summed E-state index contributed by atoms with van der Waals surface area (Å²) in [7, 11) is 0. The first kappa shape index (κ1) is 11.5. The summed E-state index contributed by atoms with van der Waals surface area (Å²) in [5.41, 5.74) is 7.69. The van der Waals surface area contributed by atoms with Gasteiger partial charge >= 0.3 is 0 Å². The first-order valence-corrected chi connectivity index (χ1v) is 6.98. The second kappa shape index (κ2) is 3.86. The molecule has 0 atom stereocenters. The van der Waals surface area contributed by atoms with Crippen LogP contribution >= 0.6 is 0 Å². The number of fused-ring (bicyclic) bond motifs is 5. The molecule has 98 valence electrons. The highest BCUT2D eigenvalue weighted by atomic mass is 16.3. The Morgan fingerprint density at radius 3 is 2.40 bits per heavy atom. The van der Waals surface area contributed by atoms with Gasteiger partial charge in [-0.25, -0.2) is 0 Å². The van der Waals surface area contributed by atoms with Gasteiger partial charge in [0.1, 0.15) is 5.75 Å². The Morgan fingerprint density at radius 1 is 0.800 bits per heavy atom. The van der Waals surface area contributed by atoms with E-state index in [9.17, 15) is 5.11 Å². The predicted octanol–water partition coefficient (Wildman–Crippen LogP) is 4.73. The molecule has 0 saturated heterocycles. The van der Waals surface area contributed by atoms with Crippen LogP contribution in [-0.4, -0.2) is 5.11 Å². The molecule has 1 nitrogen and oxygen atoms in total. The molecule has 4 rings (SSSR count). The highest BCUT2D eigenvalue weighted by Gasteiger charge is 2.22. The lowest BCUT2D eigenvalue weighted by molar-refractivity contribution is 0.481. The van der Waals surface area contributed by atoms with E-state index in [0.29, 0.717) is 5.75 Å². The first-order chi connectivity index (χ1) is 9.63. The van der Waals surface area contributed by atoms with E-state index in [2.05, 4.69) is 50.2 Å². The molecule has 0 heterocycles. The lowest BCUT2D eigenvalue weighted by Gasteiger charge is -2.10. The maximum absolute atomic E-state index is 10.3. The fourth-order valence-electron chi connectivity index (χ4n) is 3.35. The number of benzene rings is 3. The van der Waals surface area contributed by atoms with Gasteiger partial charge in [-0.15, -0.1) is 0 Å². The van der Waals surface area contributed by atoms with Crippen molar-refractivity contribution in [1.82, 2.24) is 0 Å². The van der Waals surface area contributed by atoms with Gasteiger partial charge < -0.3 is 5.11 Å². The zero-order valence-corrected chi connectivity index (χ0v) is 11.7. The van der Waals surface area contributed by atoms with Gasteiger partial charge in [0.05, 0.1) is 0 Å². The van der Waals surface area contributed by atoms with Crippen molar-refractivity contribution in [3.63, 3.8) is 0 Å². The molecule has 0 unspecified atom stereocenters. The molecule has 0 aromatic heterocycles. The molecule has 0 saturated carbocycles. The lowest BCUT2D eigenvalue weighted by Crippen LogP contribution is -1.85. The normalized spacial score (nSPS) is 12.5.